The van der Waals surface area contributed by atoms with Crippen molar-refractivity contribution in [3.05, 3.63) is 11.8 Å². The van der Waals surface area contributed by atoms with Gasteiger partial charge >= 0.3 is 0 Å². The van der Waals surface area contributed by atoms with Crippen LogP contribution in [-0.2, 0) is 9.59 Å². The highest BCUT2D eigenvalue weighted by molar-refractivity contribution is 5.37. The molecule has 1 aliphatic rings. The van der Waals surface area contributed by atoms with Crippen molar-refractivity contribution in [1.82, 2.24) is 0 Å². The topological polar surface area (TPSA) is 58.9 Å². The Bertz CT molecular complexity index is 310. The maximum atomic E-state index is 10.1. The summed E-state index contributed by atoms with van der Waals surface area (Å²) in [6.45, 7) is 0. The summed E-state index contributed by atoms with van der Waals surface area (Å²) in [6, 6.07) is 0.00431. The zero-order valence-electron chi connectivity index (χ0n) is 7.90. The summed E-state index contributed by atoms with van der Waals surface area (Å²) < 4.78 is 0. The standard InChI is InChI=1S/C10H12N2O2/c13-7-11-9-3-1-2-4-10(6-5-9)12-8-14/h5,10H,1-4,6H2. The summed E-state index contributed by atoms with van der Waals surface area (Å²) in [7, 11) is 0. The minimum atomic E-state index is 0.00431. The molecule has 0 aromatic carbocycles. The molecular formula is C10H12N2O2. The number of carbonyl (C=O) groups excluding carboxylic acids is 2. The van der Waals surface area contributed by atoms with Crippen LogP contribution in [0.15, 0.2) is 21.8 Å². The third-order valence-corrected chi connectivity index (χ3v) is 2.27. The van der Waals surface area contributed by atoms with E-state index in [-0.39, 0.29) is 6.04 Å². The van der Waals surface area contributed by atoms with Gasteiger partial charge in [-0.1, -0.05) is 12.5 Å². The van der Waals surface area contributed by atoms with Crippen LogP contribution in [0.25, 0.3) is 0 Å². The number of hydrogen-bond donors (Lipinski definition) is 0. The Morgan fingerprint density at radius 1 is 1.29 bits per heavy atom. The summed E-state index contributed by atoms with van der Waals surface area (Å²) in [5.74, 6) is 0. The fourth-order valence-electron chi connectivity index (χ4n) is 1.53. The van der Waals surface area contributed by atoms with Gasteiger partial charge in [-0.05, 0) is 25.7 Å². The first kappa shape index (κ1) is 10.6. The molecule has 0 saturated heterocycles. The van der Waals surface area contributed by atoms with Gasteiger partial charge in [-0.3, -0.25) is 0 Å². The molecule has 0 aliphatic heterocycles. The third-order valence-electron chi connectivity index (χ3n) is 2.27. The van der Waals surface area contributed by atoms with Crippen molar-refractivity contribution in [1.29, 1.82) is 0 Å². The van der Waals surface area contributed by atoms with E-state index in [4.69, 9.17) is 0 Å². The molecule has 1 rings (SSSR count). The average molecular weight is 192 g/mol. The number of hydrogen-bond acceptors (Lipinski definition) is 4. The zero-order valence-corrected chi connectivity index (χ0v) is 7.90. The highest BCUT2D eigenvalue weighted by atomic mass is 16.1. The van der Waals surface area contributed by atoms with Gasteiger partial charge in [0.05, 0.1) is 6.04 Å². The minimum absolute atomic E-state index is 0.00431. The molecule has 0 aromatic heterocycles. The predicted molar refractivity (Wildman–Crippen MR) is 51.2 cm³/mol. The van der Waals surface area contributed by atoms with E-state index in [2.05, 4.69) is 9.98 Å². The van der Waals surface area contributed by atoms with E-state index in [9.17, 15) is 9.59 Å². The second kappa shape index (κ2) is 6.03. The highest BCUT2D eigenvalue weighted by Crippen LogP contribution is 2.19. The van der Waals surface area contributed by atoms with Crippen LogP contribution < -0.4 is 0 Å². The van der Waals surface area contributed by atoms with E-state index in [0.717, 1.165) is 31.4 Å². The first-order valence-corrected chi connectivity index (χ1v) is 4.70. The Morgan fingerprint density at radius 2 is 2.14 bits per heavy atom. The summed E-state index contributed by atoms with van der Waals surface area (Å²) in [5.41, 5.74) is 0.755. The van der Waals surface area contributed by atoms with Crippen molar-refractivity contribution in [3.8, 4) is 0 Å². The molecule has 1 unspecified atom stereocenters. The van der Waals surface area contributed by atoms with Crippen molar-refractivity contribution in [3.63, 3.8) is 0 Å². The summed E-state index contributed by atoms with van der Waals surface area (Å²) in [4.78, 5) is 27.4. The van der Waals surface area contributed by atoms with Crippen molar-refractivity contribution in [2.45, 2.75) is 38.1 Å². The first-order valence-electron chi connectivity index (χ1n) is 4.70. The van der Waals surface area contributed by atoms with Gasteiger partial charge in [-0.2, -0.15) is 4.99 Å². The van der Waals surface area contributed by atoms with E-state index in [1.54, 1.807) is 6.08 Å². The van der Waals surface area contributed by atoms with Crippen molar-refractivity contribution >= 4 is 12.2 Å². The van der Waals surface area contributed by atoms with Crippen LogP contribution in [0.2, 0.25) is 0 Å². The van der Waals surface area contributed by atoms with Gasteiger partial charge in [0, 0.05) is 5.70 Å². The van der Waals surface area contributed by atoms with Crippen LogP contribution in [0, 0.1) is 0 Å². The number of aliphatic imine (C=N–C) groups is 2. The summed E-state index contributed by atoms with van der Waals surface area (Å²) in [6.07, 6.45) is 9.32. The largest absolute Gasteiger partial charge is 0.240 e. The number of nitrogens with zero attached hydrogens (tertiary/aromatic N) is 2. The molecule has 4 nitrogen and oxygen atoms in total. The van der Waals surface area contributed by atoms with Gasteiger partial charge in [0.15, 0.2) is 0 Å². The average Bonchev–Trinajstić information content (AvgIpc) is 2.15. The summed E-state index contributed by atoms with van der Waals surface area (Å²) in [5, 5.41) is 0. The maximum Gasteiger partial charge on any atom is 0.240 e. The van der Waals surface area contributed by atoms with E-state index < -0.39 is 0 Å². The molecule has 0 fully saturated rings. The lowest BCUT2D eigenvalue weighted by Gasteiger charge is -2.11. The first-order chi connectivity index (χ1) is 6.86. The van der Waals surface area contributed by atoms with Crippen LogP contribution in [0.1, 0.15) is 32.1 Å². The van der Waals surface area contributed by atoms with Crippen molar-refractivity contribution in [2.24, 2.45) is 9.98 Å². The Kier molecular flexibility index (Phi) is 4.56. The Labute approximate surface area is 82.4 Å². The van der Waals surface area contributed by atoms with Crippen molar-refractivity contribution in [2.75, 3.05) is 0 Å². The fraction of sp³-hybridized carbons (Fsp3) is 0.600. The van der Waals surface area contributed by atoms with Gasteiger partial charge in [0.2, 0.25) is 12.2 Å². The minimum Gasteiger partial charge on any atom is -0.211 e. The molecule has 0 saturated carbocycles. The number of isocyanates is 2. The zero-order chi connectivity index (χ0) is 10.2. The monoisotopic (exact) mass is 192 g/mol. The molecule has 0 N–H and O–H groups in total. The molecule has 0 radical (unpaired) electrons. The fourth-order valence-corrected chi connectivity index (χ4v) is 1.53. The van der Waals surface area contributed by atoms with E-state index in [0.29, 0.717) is 6.42 Å². The predicted octanol–water partition coefficient (Wildman–Crippen LogP) is 1.87. The van der Waals surface area contributed by atoms with Crippen LogP contribution >= 0.6 is 0 Å². The molecule has 14 heavy (non-hydrogen) atoms. The highest BCUT2D eigenvalue weighted by Gasteiger charge is 2.09. The lowest BCUT2D eigenvalue weighted by atomic mass is 10.0. The van der Waals surface area contributed by atoms with Crippen LogP contribution in [0.3, 0.4) is 0 Å². The Morgan fingerprint density at radius 3 is 2.86 bits per heavy atom. The van der Waals surface area contributed by atoms with Gasteiger partial charge < -0.3 is 0 Å². The van der Waals surface area contributed by atoms with E-state index in [1.165, 1.54) is 6.08 Å². The van der Waals surface area contributed by atoms with E-state index >= 15 is 0 Å². The molecule has 0 aromatic rings. The molecule has 1 atom stereocenters. The number of rotatable bonds is 2. The molecule has 0 spiro atoms. The normalized spacial score (nSPS) is 22.0. The lowest BCUT2D eigenvalue weighted by molar-refractivity contribution is 0.529. The van der Waals surface area contributed by atoms with Gasteiger partial charge in [-0.25, -0.2) is 14.6 Å². The maximum absolute atomic E-state index is 10.1. The van der Waals surface area contributed by atoms with Crippen LogP contribution in [0.5, 0.6) is 0 Å². The molecule has 4 heteroatoms. The Hall–Kier alpha value is -1.50. The molecule has 1 aliphatic carbocycles. The number of allylic oxidation sites excluding steroid dienone is 1. The van der Waals surface area contributed by atoms with Crippen molar-refractivity contribution < 1.29 is 9.59 Å². The van der Waals surface area contributed by atoms with Gasteiger partial charge in [0.25, 0.3) is 0 Å². The second-order valence-corrected chi connectivity index (χ2v) is 3.25. The third kappa shape index (κ3) is 3.48. The molecule has 0 bridgehead atoms. The molecular weight excluding hydrogens is 180 g/mol. The van der Waals surface area contributed by atoms with Gasteiger partial charge in [-0.15, -0.1) is 0 Å². The molecule has 0 amide bonds. The SMILES string of the molecule is O=C=NC1=CCC(N=C=O)CCCC1. The smallest absolute Gasteiger partial charge is 0.211 e. The quantitative estimate of drug-likeness (QED) is 0.495. The van der Waals surface area contributed by atoms with Gasteiger partial charge in [0.1, 0.15) is 0 Å². The van der Waals surface area contributed by atoms with Crippen LogP contribution in [-0.4, -0.2) is 18.2 Å². The van der Waals surface area contributed by atoms with Crippen LogP contribution in [0.4, 0.5) is 0 Å². The molecule has 74 valence electrons. The van der Waals surface area contributed by atoms with E-state index in [1.807, 2.05) is 6.08 Å². The summed E-state index contributed by atoms with van der Waals surface area (Å²) >= 11 is 0. The lowest BCUT2D eigenvalue weighted by Crippen LogP contribution is -2.05. The molecule has 0 heterocycles. The Balaban J connectivity index is 2.67. The second-order valence-electron chi connectivity index (χ2n) is 3.25.